The highest BCUT2D eigenvalue weighted by Gasteiger charge is 2.39. The van der Waals surface area contributed by atoms with Gasteiger partial charge in [0.25, 0.3) is 0 Å². The Morgan fingerprint density at radius 1 is 1.27 bits per heavy atom. The molecule has 0 saturated carbocycles. The molecule has 0 aromatic heterocycles. The Labute approximate surface area is 197 Å². The van der Waals surface area contributed by atoms with Gasteiger partial charge in [-0.1, -0.05) is 6.07 Å². The normalized spacial score (nSPS) is 20.3. The maximum Gasteiger partial charge on any atom is 0.191 e. The Kier molecular flexibility index (Phi) is 10.6. The fourth-order valence-electron chi connectivity index (χ4n) is 4.14. The van der Waals surface area contributed by atoms with E-state index in [0.29, 0.717) is 12.3 Å². The van der Waals surface area contributed by atoms with Crippen LogP contribution in [0.4, 0.5) is 4.39 Å². The third-order valence-corrected chi connectivity index (χ3v) is 5.77. The van der Waals surface area contributed by atoms with E-state index >= 15 is 0 Å². The Morgan fingerprint density at radius 2 is 2.00 bits per heavy atom. The fraction of sp³-hybridized carbons (Fsp3) is 0.682. The summed E-state index contributed by atoms with van der Waals surface area (Å²) in [5.74, 6) is 1.05. The number of ether oxygens (including phenoxy) is 2. The van der Waals surface area contributed by atoms with Gasteiger partial charge in [0.05, 0.1) is 13.1 Å². The minimum Gasteiger partial charge on any atom is -0.489 e. The predicted molar refractivity (Wildman–Crippen MR) is 129 cm³/mol. The van der Waals surface area contributed by atoms with E-state index in [0.717, 1.165) is 58.2 Å². The van der Waals surface area contributed by atoms with Crippen molar-refractivity contribution < 1.29 is 13.9 Å². The minimum absolute atomic E-state index is 0. The topological polar surface area (TPSA) is 58.1 Å². The number of hydrogen-bond donors (Lipinski definition) is 2. The summed E-state index contributed by atoms with van der Waals surface area (Å²) < 4.78 is 24.8. The molecule has 2 heterocycles. The molecule has 2 saturated heterocycles. The molecule has 3 rings (SSSR count). The van der Waals surface area contributed by atoms with Crippen LogP contribution in [0.1, 0.15) is 39.5 Å². The number of hydrogen-bond acceptors (Lipinski definition) is 4. The highest BCUT2D eigenvalue weighted by Crippen LogP contribution is 2.31. The van der Waals surface area contributed by atoms with Crippen molar-refractivity contribution in [2.45, 2.75) is 51.2 Å². The first kappa shape index (κ1) is 25.1. The Morgan fingerprint density at radius 3 is 2.67 bits per heavy atom. The van der Waals surface area contributed by atoms with Gasteiger partial charge in [-0.25, -0.2) is 4.39 Å². The molecule has 170 valence electrons. The predicted octanol–water partition coefficient (Wildman–Crippen LogP) is 3.41. The van der Waals surface area contributed by atoms with Gasteiger partial charge >= 0.3 is 0 Å². The van der Waals surface area contributed by atoms with Crippen molar-refractivity contribution in [1.82, 2.24) is 15.5 Å². The number of likely N-dealkylation sites (tertiary alicyclic amines) is 1. The lowest BCUT2D eigenvalue weighted by atomic mass is 9.88. The molecule has 0 amide bonds. The summed E-state index contributed by atoms with van der Waals surface area (Å²) in [6.07, 6.45) is 4.51. The minimum atomic E-state index is -0.291. The number of guanidine groups is 1. The lowest BCUT2D eigenvalue weighted by molar-refractivity contribution is -0.0139. The molecule has 0 spiro atoms. The molecule has 0 bridgehead atoms. The first-order valence-electron chi connectivity index (χ1n) is 10.9. The van der Waals surface area contributed by atoms with Gasteiger partial charge in [0.2, 0.25) is 0 Å². The molecule has 0 radical (unpaired) electrons. The van der Waals surface area contributed by atoms with Gasteiger partial charge in [-0.2, -0.15) is 0 Å². The molecule has 8 heteroatoms. The van der Waals surface area contributed by atoms with Crippen LogP contribution < -0.4 is 15.4 Å². The molecule has 6 nitrogen and oxygen atoms in total. The van der Waals surface area contributed by atoms with E-state index in [1.165, 1.54) is 25.0 Å². The Bertz CT molecular complexity index is 664. The molecule has 30 heavy (non-hydrogen) atoms. The zero-order valence-electron chi connectivity index (χ0n) is 18.2. The zero-order valence-corrected chi connectivity index (χ0v) is 20.5. The van der Waals surface area contributed by atoms with Crippen molar-refractivity contribution >= 4 is 29.9 Å². The van der Waals surface area contributed by atoms with E-state index in [9.17, 15) is 4.39 Å². The van der Waals surface area contributed by atoms with Gasteiger partial charge in [-0.3, -0.25) is 9.89 Å². The van der Waals surface area contributed by atoms with Crippen LogP contribution in [-0.4, -0.2) is 68.4 Å². The fourth-order valence-corrected chi connectivity index (χ4v) is 4.14. The zero-order chi connectivity index (χ0) is 20.5. The second-order valence-electron chi connectivity index (χ2n) is 7.99. The summed E-state index contributed by atoms with van der Waals surface area (Å²) in [6.45, 7) is 10.1. The molecular formula is C22H36FIN4O2. The maximum atomic E-state index is 13.3. The molecule has 2 aliphatic rings. The quantitative estimate of drug-likeness (QED) is 0.304. The van der Waals surface area contributed by atoms with Crippen molar-refractivity contribution in [1.29, 1.82) is 0 Å². The molecular weight excluding hydrogens is 498 g/mol. The maximum absolute atomic E-state index is 13.3. The summed E-state index contributed by atoms with van der Waals surface area (Å²) in [5, 5.41) is 6.70. The van der Waals surface area contributed by atoms with Crippen LogP contribution in [0.25, 0.3) is 0 Å². The van der Waals surface area contributed by atoms with Gasteiger partial charge in [0.1, 0.15) is 17.7 Å². The van der Waals surface area contributed by atoms with E-state index in [2.05, 4.69) is 22.5 Å². The highest BCUT2D eigenvalue weighted by molar-refractivity contribution is 14.0. The molecule has 2 fully saturated rings. The van der Waals surface area contributed by atoms with Gasteiger partial charge < -0.3 is 20.1 Å². The van der Waals surface area contributed by atoms with Crippen LogP contribution in [0, 0.1) is 5.82 Å². The average Bonchev–Trinajstić information content (AvgIpc) is 3.26. The van der Waals surface area contributed by atoms with Gasteiger partial charge in [0.15, 0.2) is 5.96 Å². The highest BCUT2D eigenvalue weighted by atomic mass is 127. The van der Waals surface area contributed by atoms with Crippen LogP contribution in [0.3, 0.4) is 0 Å². The van der Waals surface area contributed by atoms with Crippen molar-refractivity contribution in [3.8, 4) is 5.75 Å². The lowest BCUT2D eigenvalue weighted by Gasteiger charge is -2.43. The van der Waals surface area contributed by atoms with Gasteiger partial charge in [-0.15, -0.1) is 24.0 Å². The molecule has 1 aromatic rings. The Balaban J connectivity index is 0.00000320. The standard InChI is InChI=1S/C22H35FN4O2.HI/c1-3-24-21(25-16-18(2)29-20-8-6-7-19(23)15-20)26-17-22(9-13-28-14-10-22)27-11-4-5-12-27;/h6-8,15,18H,3-5,9-14,16-17H2,1-2H3,(H2,24,25,26);1H. The van der Waals surface area contributed by atoms with E-state index in [4.69, 9.17) is 14.5 Å². The number of aliphatic imine (C=N–C) groups is 1. The van der Waals surface area contributed by atoms with Crippen LogP contribution in [0.5, 0.6) is 5.75 Å². The van der Waals surface area contributed by atoms with Crippen molar-refractivity contribution in [3.05, 3.63) is 30.1 Å². The number of halogens is 2. The van der Waals surface area contributed by atoms with Crippen LogP contribution in [-0.2, 0) is 4.74 Å². The van der Waals surface area contributed by atoms with E-state index in [1.807, 2.05) is 6.92 Å². The monoisotopic (exact) mass is 534 g/mol. The molecule has 1 unspecified atom stereocenters. The largest absolute Gasteiger partial charge is 0.489 e. The molecule has 2 aliphatic heterocycles. The van der Waals surface area contributed by atoms with E-state index < -0.39 is 0 Å². The number of nitrogens with zero attached hydrogens (tertiary/aromatic N) is 2. The third kappa shape index (κ3) is 7.23. The number of benzene rings is 1. The first-order valence-corrected chi connectivity index (χ1v) is 10.9. The SMILES string of the molecule is CCNC(=NCC1(N2CCCC2)CCOCC1)NCC(C)Oc1cccc(F)c1.I. The summed E-state index contributed by atoms with van der Waals surface area (Å²) in [7, 11) is 0. The summed E-state index contributed by atoms with van der Waals surface area (Å²) in [5.41, 5.74) is 0.112. The van der Waals surface area contributed by atoms with E-state index in [1.54, 1.807) is 12.1 Å². The number of rotatable bonds is 8. The van der Waals surface area contributed by atoms with Crippen LogP contribution >= 0.6 is 24.0 Å². The molecule has 2 N–H and O–H groups in total. The Hall–Kier alpha value is -1.13. The second kappa shape index (κ2) is 12.7. The number of nitrogens with one attached hydrogen (secondary N) is 2. The van der Waals surface area contributed by atoms with Gasteiger partial charge in [0, 0.05) is 31.4 Å². The van der Waals surface area contributed by atoms with Crippen molar-refractivity contribution in [2.24, 2.45) is 4.99 Å². The van der Waals surface area contributed by atoms with Crippen molar-refractivity contribution in [3.63, 3.8) is 0 Å². The van der Waals surface area contributed by atoms with Crippen molar-refractivity contribution in [2.75, 3.05) is 45.9 Å². The first-order chi connectivity index (χ1) is 14.1. The van der Waals surface area contributed by atoms with Gasteiger partial charge in [-0.05, 0) is 64.8 Å². The summed E-state index contributed by atoms with van der Waals surface area (Å²) >= 11 is 0. The molecule has 0 aliphatic carbocycles. The van der Waals surface area contributed by atoms with Crippen LogP contribution in [0.15, 0.2) is 29.3 Å². The smallest absolute Gasteiger partial charge is 0.191 e. The average molecular weight is 534 g/mol. The summed E-state index contributed by atoms with van der Waals surface area (Å²) in [4.78, 5) is 7.55. The third-order valence-electron chi connectivity index (χ3n) is 5.77. The lowest BCUT2D eigenvalue weighted by Crippen LogP contribution is -2.54. The molecule has 1 aromatic carbocycles. The second-order valence-corrected chi connectivity index (χ2v) is 7.99. The molecule has 1 atom stereocenters. The van der Waals surface area contributed by atoms with Crippen LogP contribution in [0.2, 0.25) is 0 Å². The van der Waals surface area contributed by atoms with E-state index in [-0.39, 0.29) is 41.4 Å². The summed E-state index contributed by atoms with van der Waals surface area (Å²) in [6, 6.07) is 6.24.